The summed E-state index contributed by atoms with van der Waals surface area (Å²) in [6.07, 6.45) is 4.42. The maximum atomic E-state index is 5.66. The summed E-state index contributed by atoms with van der Waals surface area (Å²) in [6.45, 7) is 2.72. The Balaban J connectivity index is 1.74. The van der Waals surface area contributed by atoms with Gasteiger partial charge in [0.15, 0.2) is 0 Å². The summed E-state index contributed by atoms with van der Waals surface area (Å²) in [7, 11) is 1.73. The fourth-order valence-corrected chi connectivity index (χ4v) is 2.74. The van der Waals surface area contributed by atoms with E-state index in [0.29, 0.717) is 6.61 Å². The Morgan fingerprint density at radius 1 is 1.38 bits per heavy atom. The lowest BCUT2D eigenvalue weighted by molar-refractivity contribution is -0.118. The largest absolute Gasteiger partial charge is 0.378 e. The van der Waals surface area contributed by atoms with E-state index in [4.69, 9.17) is 9.47 Å². The molecule has 1 aliphatic rings. The smallest absolute Gasteiger partial charge is 0.138 e. The first-order valence-corrected chi connectivity index (χ1v) is 7.18. The van der Waals surface area contributed by atoms with Crippen LogP contribution < -0.4 is 5.32 Å². The van der Waals surface area contributed by atoms with Crippen LogP contribution in [0.25, 0.3) is 5.69 Å². The summed E-state index contributed by atoms with van der Waals surface area (Å²) in [6, 6.07) is 8.29. The van der Waals surface area contributed by atoms with E-state index in [2.05, 4.69) is 15.4 Å². The number of ether oxygens (including phenoxy) is 2. The van der Waals surface area contributed by atoms with Crippen LogP contribution in [-0.2, 0) is 9.47 Å². The van der Waals surface area contributed by atoms with Crippen LogP contribution >= 0.6 is 0 Å². The number of para-hydroxylation sites is 2. The second-order valence-electron chi connectivity index (χ2n) is 5.04. The molecule has 1 saturated carbocycles. The zero-order valence-electron chi connectivity index (χ0n) is 12.3. The predicted octanol–water partition coefficient (Wildman–Crippen LogP) is 1.87. The Morgan fingerprint density at radius 3 is 2.95 bits per heavy atom. The first kappa shape index (κ1) is 14.0. The third-order valence-corrected chi connectivity index (χ3v) is 3.81. The van der Waals surface area contributed by atoms with Crippen molar-refractivity contribution in [1.82, 2.24) is 14.8 Å². The van der Waals surface area contributed by atoms with Crippen molar-refractivity contribution in [3.63, 3.8) is 0 Å². The van der Waals surface area contributed by atoms with Gasteiger partial charge >= 0.3 is 0 Å². The first-order chi connectivity index (χ1) is 10.3. The lowest BCUT2D eigenvalue weighted by atomic mass is 9.85. The van der Waals surface area contributed by atoms with Gasteiger partial charge in [-0.2, -0.15) is 5.10 Å². The Hall–Kier alpha value is -1.92. The highest BCUT2D eigenvalue weighted by molar-refractivity contribution is 5.61. The fourth-order valence-electron chi connectivity index (χ4n) is 2.74. The number of aromatic nitrogens is 3. The topological polar surface area (TPSA) is 61.2 Å². The molecule has 1 aromatic carbocycles. The monoisotopic (exact) mass is 288 g/mol. The van der Waals surface area contributed by atoms with Crippen LogP contribution in [0.1, 0.15) is 13.3 Å². The standard InChI is InChI=1S/C15H20N4O2/c1-3-21-14-8-12(15(14)20-2)18-11-6-4-5-7-13(11)19-10-16-9-17-19/h4-7,9-10,12,14-15,18H,3,8H2,1-2H3. The van der Waals surface area contributed by atoms with Gasteiger partial charge in [0.2, 0.25) is 0 Å². The van der Waals surface area contributed by atoms with Crippen molar-refractivity contribution in [2.45, 2.75) is 31.6 Å². The van der Waals surface area contributed by atoms with Crippen molar-refractivity contribution >= 4 is 5.69 Å². The number of nitrogens with one attached hydrogen (secondary N) is 1. The van der Waals surface area contributed by atoms with Crippen LogP contribution in [-0.4, -0.2) is 46.7 Å². The molecule has 112 valence electrons. The van der Waals surface area contributed by atoms with Crippen LogP contribution in [0.3, 0.4) is 0 Å². The molecule has 3 unspecified atom stereocenters. The van der Waals surface area contributed by atoms with Crippen LogP contribution in [0.15, 0.2) is 36.9 Å². The fraction of sp³-hybridized carbons (Fsp3) is 0.467. The molecule has 6 heteroatoms. The van der Waals surface area contributed by atoms with Crippen molar-refractivity contribution in [3.05, 3.63) is 36.9 Å². The molecule has 0 spiro atoms. The van der Waals surface area contributed by atoms with Crippen LogP contribution in [0.2, 0.25) is 0 Å². The highest BCUT2D eigenvalue weighted by Crippen LogP contribution is 2.31. The van der Waals surface area contributed by atoms with Gasteiger partial charge < -0.3 is 14.8 Å². The molecule has 0 saturated heterocycles. The van der Waals surface area contributed by atoms with E-state index in [-0.39, 0.29) is 18.2 Å². The molecule has 3 atom stereocenters. The van der Waals surface area contributed by atoms with Crippen molar-refractivity contribution in [1.29, 1.82) is 0 Å². The molecule has 2 aromatic rings. The van der Waals surface area contributed by atoms with Crippen LogP contribution in [0.5, 0.6) is 0 Å². The summed E-state index contributed by atoms with van der Waals surface area (Å²) in [5.41, 5.74) is 2.00. The number of nitrogens with zero attached hydrogens (tertiary/aromatic N) is 3. The third kappa shape index (κ3) is 2.77. The Kier molecular flexibility index (Phi) is 4.17. The summed E-state index contributed by atoms with van der Waals surface area (Å²) in [5, 5.41) is 7.72. The lowest BCUT2D eigenvalue weighted by Crippen LogP contribution is -2.56. The number of benzene rings is 1. The molecule has 0 radical (unpaired) electrons. The van der Waals surface area contributed by atoms with Gasteiger partial charge in [0.1, 0.15) is 18.8 Å². The average molecular weight is 288 g/mol. The van der Waals surface area contributed by atoms with E-state index in [1.807, 2.05) is 31.2 Å². The van der Waals surface area contributed by atoms with Gasteiger partial charge in [-0.15, -0.1) is 0 Å². The maximum Gasteiger partial charge on any atom is 0.138 e. The molecule has 21 heavy (non-hydrogen) atoms. The second kappa shape index (κ2) is 6.24. The van der Waals surface area contributed by atoms with E-state index in [1.54, 1.807) is 18.1 Å². The molecule has 1 heterocycles. The van der Waals surface area contributed by atoms with Crippen molar-refractivity contribution in [2.24, 2.45) is 0 Å². The highest BCUT2D eigenvalue weighted by Gasteiger charge is 2.42. The van der Waals surface area contributed by atoms with Gasteiger partial charge in [-0.25, -0.2) is 9.67 Å². The molecule has 1 aliphatic carbocycles. The number of methoxy groups -OCH3 is 1. The Bertz CT molecular complexity index is 573. The summed E-state index contributed by atoms with van der Waals surface area (Å²) >= 11 is 0. The normalized spacial score (nSPS) is 24.6. The van der Waals surface area contributed by atoms with Crippen LogP contribution in [0, 0.1) is 0 Å². The minimum atomic E-state index is 0.0775. The Morgan fingerprint density at radius 2 is 2.24 bits per heavy atom. The molecular formula is C15H20N4O2. The van der Waals surface area contributed by atoms with Gasteiger partial charge in [0.25, 0.3) is 0 Å². The van der Waals surface area contributed by atoms with Gasteiger partial charge in [-0.1, -0.05) is 12.1 Å². The highest BCUT2D eigenvalue weighted by atomic mass is 16.5. The second-order valence-corrected chi connectivity index (χ2v) is 5.04. The number of rotatable bonds is 6. The summed E-state index contributed by atoms with van der Waals surface area (Å²) in [4.78, 5) is 4.00. The zero-order valence-corrected chi connectivity index (χ0v) is 12.3. The molecule has 0 amide bonds. The van der Waals surface area contributed by atoms with Crippen molar-refractivity contribution in [2.75, 3.05) is 19.0 Å². The Labute approximate surface area is 124 Å². The molecule has 0 bridgehead atoms. The molecule has 1 N–H and O–H groups in total. The van der Waals surface area contributed by atoms with Crippen molar-refractivity contribution < 1.29 is 9.47 Å². The quantitative estimate of drug-likeness (QED) is 0.879. The number of anilines is 1. The van der Waals surface area contributed by atoms with Gasteiger partial charge in [-0.3, -0.25) is 0 Å². The third-order valence-electron chi connectivity index (χ3n) is 3.81. The molecule has 0 aliphatic heterocycles. The SMILES string of the molecule is CCOC1CC(Nc2ccccc2-n2cncn2)C1OC. The van der Waals surface area contributed by atoms with E-state index < -0.39 is 0 Å². The predicted molar refractivity (Wildman–Crippen MR) is 79.6 cm³/mol. The summed E-state index contributed by atoms with van der Waals surface area (Å²) < 4.78 is 13.0. The molecule has 3 rings (SSSR count). The van der Waals surface area contributed by atoms with Crippen LogP contribution in [0.4, 0.5) is 5.69 Å². The first-order valence-electron chi connectivity index (χ1n) is 7.18. The summed E-state index contributed by atoms with van der Waals surface area (Å²) in [5.74, 6) is 0. The van der Waals surface area contributed by atoms with Gasteiger partial charge in [-0.05, 0) is 25.5 Å². The zero-order chi connectivity index (χ0) is 14.7. The minimum absolute atomic E-state index is 0.0775. The van der Waals surface area contributed by atoms with E-state index in [9.17, 15) is 0 Å². The number of hydrogen-bond acceptors (Lipinski definition) is 5. The van der Waals surface area contributed by atoms with E-state index in [0.717, 1.165) is 17.8 Å². The van der Waals surface area contributed by atoms with E-state index in [1.165, 1.54) is 6.33 Å². The lowest BCUT2D eigenvalue weighted by Gasteiger charge is -2.44. The molecule has 1 fully saturated rings. The molecule has 6 nitrogen and oxygen atoms in total. The average Bonchev–Trinajstić information content (AvgIpc) is 3.01. The van der Waals surface area contributed by atoms with E-state index >= 15 is 0 Å². The molecular weight excluding hydrogens is 268 g/mol. The van der Waals surface area contributed by atoms with Gasteiger partial charge in [0, 0.05) is 13.7 Å². The maximum absolute atomic E-state index is 5.66. The minimum Gasteiger partial charge on any atom is -0.378 e. The molecule has 1 aromatic heterocycles. The van der Waals surface area contributed by atoms with Gasteiger partial charge in [0.05, 0.1) is 23.5 Å². The van der Waals surface area contributed by atoms with Crippen molar-refractivity contribution in [3.8, 4) is 5.69 Å². The number of hydrogen-bond donors (Lipinski definition) is 1.